The first-order valence-corrected chi connectivity index (χ1v) is 7.39. The molecule has 114 valence electrons. The van der Waals surface area contributed by atoms with Gasteiger partial charge >= 0.3 is 5.97 Å². The highest BCUT2D eigenvalue weighted by Gasteiger charge is 2.18. The van der Waals surface area contributed by atoms with Crippen LogP contribution in [0.15, 0.2) is 18.2 Å². The SMILES string of the molecule is COc1cc(Cl)cc(/C=C/C(=O)O)c1OCC1CCCC1. The van der Waals surface area contributed by atoms with E-state index in [4.69, 9.17) is 26.2 Å². The number of halogens is 1. The number of hydrogen-bond donors (Lipinski definition) is 1. The summed E-state index contributed by atoms with van der Waals surface area (Å²) in [5.74, 6) is 0.606. The van der Waals surface area contributed by atoms with E-state index < -0.39 is 5.97 Å². The first kappa shape index (κ1) is 15.7. The van der Waals surface area contributed by atoms with Gasteiger partial charge in [-0.1, -0.05) is 24.4 Å². The lowest BCUT2D eigenvalue weighted by molar-refractivity contribution is -0.131. The van der Waals surface area contributed by atoms with Gasteiger partial charge in [-0.15, -0.1) is 0 Å². The van der Waals surface area contributed by atoms with Gasteiger partial charge in [0.15, 0.2) is 11.5 Å². The summed E-state index contributed by atoms with van der Waals surface area (Å²) in [5, 5.41) is 9.25. The van der Waals surface area contributed by atoms with Crippen LogP contribution >= 0.6 is 11.6 Å². The Morgan fingerprint density at radius 1 is 1.43 bits per heavy atom. The molecule has 0 saturated heterocycles. The second kappa shape index (κ2) is 7.36. The molecule has 0 unspecified atom stereocenters. The Hall–Kier alpha value is -1.68. The van der Waals surface area contributed by atoms with Gasteiger partial charge < -0.3 is 14.6 Å². The Kier molecular flexibility index (Phi) is 5.51. The quantitative estimate of drug-likeness (QED) is 0.806. The van der Waals surface area contributed by atoms with E-state index in [9.17, 15) is 4.79 Å². The summed E-state index contributed by atoms with van der Waals surface area (Å²) in [6.07, 6.45) is 7.38. The van der Waals surface area contributed by atoms with Gasteiger partial charge in [0.25, 0.3) is 0 Å². The average Bonchev–Trinajstić information content (AvgIpc) is 2.96. The summed E-state index contributed by atoms with van der Waals surface area (Å²) in [4.78, 5) is 10.7. The lowest BCUT2D eigenvalue weighted by atomic mass is 10.1. The number of carboxylic acid groups (broad SMARTS) is 1. The molecule has 1 aliphatic rings. The van der Waals surface area contributed by atoms with Crippen molar-refractivity contribution in [1.82, 2.24) is 0 Å². The maximum Gasteiger partial charge on any atom is 0.328 e. The molecule has 4 nitrogen and oxygen atoms in total. The third-order valence-electron chi connectivity index (χ3n) is 3.61. The van der Waals surface area contributed by atoms with E-state index in [2.05, 4.69) is 0 Å². The van der Waals surface area contributed by atoms with E-state index in [1.807, 2.05) is 0 Å². The predicted molar refractivity (Wildman–Crippen MR) is 82.1 cm³/mol. The molecule has 2 rings (SSSR count). The van der Waals surface area contributed by atoms with Crippen LogP contribution in [0.3, 0.4) is 0 Å². The molecule has 1 fully saturated rings. The molecule has 21 heavy (non-hydrogen) atoms. The lowest BCUT2D eigenvalue weighted by Crippen LogP contribution is -2.09. The fraction of sp³-hybridized carbons (Fsp3) is 0.438. The molecule has 0 atom stereocenters. The van der Waals surface area contributed by atoms with Gasteiger partial charge in [0, 0.05) is 22.7 Å². The van der Waals surface area contributed by atoms with Gasteiger partial charge in [-0.2, -0.15) is 0 Å². The number of hydrogen-bond acceptors (Lipinski definition) is 3. The molecule has 1 saturated carbocycles. The summed E-state index contributed by atoms with van der Waals surface area (Å²) in [6.45, 7) is 0.617. The van der Waals surface area contributed by atoms with Crippen molar-refractivity contribution in [2.75, 3.05) is 13.7 Å². The number of ether oxygens (including phenoxy) is 2. The molecule has 5 heteroatoms. The van der Waals surface area contributed by atoms with Crippen molar-refractivity contribution in [3.63, 3.8) is 0 Å². The zero-order valence-electron chi connectivity index (χ0n) is 12.0. The molecule has 0 amide bonds. The summed E-state index contributed by atoms with van der Waals surface area (Å²) in [7, 11) is 1.54. The summed E-state index contributed by atoms with van der Waals surface area (Å²) < 4.78 is 11.2. The highest BCUT2D eigenvalue weighted by Crippen LogP contribution is 2.36. The van der Waals surface area contributed by atoms with E-state index in [0.717, 1.165) is 6.08 Å². The van der Waals surface area contributed by atoms with Gasteiger partial charge in [-0.25, -0.2) is 4.79 Å². The molecular formula is C16H19ClO4. The van der Waals surface area contributed by atoms with Crippen molar-refractivity contribution < 1.29 is 19.4 Å². The molecule has 0 radical (unpaired) electrons. The molecule has 0 bridgehead atoms. The average molecular weight is 311 g/mol. The summed E-state index contributed by atoms with van der Waals surface area (Å²) in [5.41, 5.74) is 0.611. The van der Waals surface area contributed by atoms with E-state index in [1.165, 1.54) is 31.8 Å². The van der Waals surface area contributed by atoms with Gasteiger partial charge in [0.1, 0.15) is 0 Å². The predicted octanol–water partition coefficient (Wildman–Crippen LogP) is 4.02. The first-order chi connectivity index (χ1) is 10.1. The Balaban J connectivity index is 2.23. The van der Waals surface area contributed by atoms with E-state index >= 15 is 0 Å². The van der Waals surface area contributed by atoms with Crippen molar-refractivity contribution in [1.29, 1.82) is 0 Å². The molecule has 0 aromatic heterocycles. The van der Waals surface area contributed by atoms with Crippen LogP contribution in [0, 0.1) is 5.92 Å². The largest absolute Gasteiger partial charge is 0.493 e. The normalized spacial score (nSPS) is 15.5. The molecule has 1 aromatic carbocycles. The van der Waals surface area contributed by atoms with Crippen molar-refractivity contribution in [3.05, 3.63) is 28.8 Å². The van der Waals surface area contributed by atoms with Crippen LogP contribution in [0.1, 0.15) is 31.2 Å². The minimum absolute atomic E-state index is 0.477. The van der Waals surface area contributed by atoms with E-state index in [-0.39, 0.29) is 0 Å². The molecule has 0 spiro atoms. The molecule has 0 aliphatic heterocycles. The smallest absolute Gasteiger partial charge is 0.328 e. The van der Waals surface area contributed by atoms with E-state index in [0.29, 0.717) is 34.6 Å². The van der Waals surface area contributed by atoms with Gasteiger partial charge in [-0.05, 0) is 30.9 Å². The molecule has 1 aromatic rings. The van der Waals surface area contributed by atoms with Crippen LogP contribution in [0.2, 0.25) is 5.02 Å². The van der Waals surface area contributed by atoms with Crippen molar-refractivity contribution in [2.45, 2.75) is 25.7 Å². The summed E-state index contributed by atoms with van der Waals surface area (Å²) >= 11 is 6.03. The van der Waals surface area contributed by atoms with Gasteiger partial charge in [-0.3, -0.25) is 0 Å². The number of carboxylic acids is 1. The number of benzene rings is 1. The fourth-order valence-electron chi connectivity index (χ4n) is 2.56. The van der Waals surface area contributed by atoms with Crippen LogP contribution in [-0.4, -0.2) is 24.8 Å². The van der Waals surface area contributed by atoms with Crippen molar-refractivity contribution in [2.24, 2.45) is 5.92 Å². The highest BCUT2D eigenvalue weighted by atomic mass is 35.5. The van der Waals surface area contributed by atoms with Crippen LogP contribution < -0.4 is 9.47 Å². The molecule has 1 N–H and O–H groups in total. The zero-order valence-corrected chi connectivity index (χ0v) is 12.7. The highest BCUT2D eigenvalue weighted by molar-refractivity contribution is 6.31. The Morgan fingerprint density at radius 2 is 2.14 bits per heavy atom. The monoisotopic (exact) mass is 310 g/mol. The summed E-state index contributed by atoms with van der Waals surface area (Å²) in [6, 6.07) is 3.34. The Labute approximate surface area is 129 Å². The third-order valence-corrected chi connectivity index (χ3v) is 3.83. The van der Waals surface area contributed by atoms with Crippen LogP contribution in [-0.2, 0) is 4.79 Å². The minimum atomic E-state index is -1.02. The number of methoxy groups -OCH3 is 1. The standard InChI is InChI=1S/C16H19ClO4/c1-20-14-9-13(17)8-12(6-7-15(18)19)16(14)21-10-11-4-2-3-5-11/h6-9,11H,2-5,10H2,1H3,(H,18,19)/b7-6+. The fourth-order valence-corrected chi connectivity index (χ4v) is 2.77. The van der Waals surface area contributed by atoms with Crippen molar-refractivity contribution >= 4 is 23.6 Å². The topological polar surface area (TPSA) is 55.8 Å². The van der Waals surface area contributed by atoms with Crippen LogP contribution in [0.4, 0.5) is 0 Å². The van der Waals surface area contributed by atoms with Gasteiger partial charge in [0.05, 0.1) is 13.7 Å². The van der Waals surface area contributed by atoms with E-state index in [1.54, 1.807) is 19.2 Å². The Bertz CT molecular complexity index is 533. The third kappa shape index (κ3) is 4.39. The molecule has 1 aliphatic carbocycles. The first-order valence-electron chi connectivity index (χ1n) is 7.01. The zero-order chi connectivity index (χ0) is 15.2. The molecular weight excluding hydrogens is 292 g/mol. The maximum absolute atomic E-state index is 10.7. The minimum Gasteiger partial charge on any atom is -0.493 e. The second-order valence-electron chi connectivity index (χ2n) is 5.16. The number of rotatable bonds is 6. The Morgan fingerprint density at radius 3 is 2.76 bits per heavy atom. The van der Waals surface area contributed by atoms with Crippen LogP contribution in [0.25, 0.3) is 6.08 Å². The van der Waals surface area contributed by atoms with Gasteiger partial charge in [0.2, 0.25) is 0 Å². The number of aliphatic carboxylic acids is 1. The number of carbonyl (C=O) groups is 1. The maximum atomic E-state index is 10.7. The van der Waals surface area contributed by atoms with Crippen molar-refractivity contribution in [3.8, 4) is 11.5 Å². The second-order valence-corrected chi connectivity index (χ2v) is 5.60. The van der Waals surface area contributed by atoms with Crippen LogP contribution in [0.5, 0.6) is 11.5 Å². The molecule has 0 heterocycles. The lowest BCUT2D eigenvalue weighted by Gasteiger charge is -2.16.